The zero-order valence-electron chi connectivity index (χ0n) is 6.10. The molecule has 1 atom stereocenters. The van der Waals surface area contributed by atoms with E-state index < -0.39 is 15.3 Å². The van der Waals surface area contributed by atoms with Gasteiger partial charge in [-0.1, -0.05) is 0 Å². The molecular weight excluding hydrogens is 204 g/mol. The van der Waals surface area contributed by atoms with Crippen LogP contribution < -0.4 is 0 Å². The number of ether oxygens (including phenoxy) is 1. The number of rotatable bonds is 1. The summed E-state index contributed by atoms with van der Waals surface area (Å²) in [6.45, 7) is 0.441. The van der Waals surface area contributed by atoms with Crippen molar-refractivity contribution < 1.29 is 13.2 Å². The van der Waals surface area contributed by atoms with E-state index in [4.69, 9.17) is 20.7 Å². The minimum atomic E-state index is -3.69. The molecule has 0 aromatic heterocycles. The van der Waals surface area contributed by atoms with Crippen LogP contribution in [0.4, 0.5) is 0 Å². The topological polar surface area (TPSA) is 70.4 Å². The second-order valence-electron chi connectivity index (χ2n) is 2.29. The van der Waals surface area contributed by atoms with E-state index in [9.17, 15) is 8.42 Å². The predicted molar refractivity (Wildman–Crippen MR) is 41.7 cm³/mol. The van der Waals surface area contributed by atoms with E-state index in [-0.39, 0.29) is 19.7 Å². The van der Waals surface area contributed by atoms with E-state index in [1.807, 2.05) is 6.07 Å². The van der Waals surface area contributed by atoms with Crippen LogP contribution in [-0.4, -0.2) is 38.5 Å². The number of hydrogen-bond acceptors (Lipinski definition) is 4. The quantitative estimate of drug-likeness (QED) is 0.557. The molecule has 0 saturated carbocycles. The normalized spacial score (nSPS) is 26.5. The van der Waals surface area contributed by atoms with Crippen molar-refractivity contribution >= 4 is 19.9 Å². The van der Waals surface area contributed by atoms with Crippen LogP contribution in [0.15, 0.2) is 0 Å². The third kappa shape index (κ3) is 2.32. The van der Waals surface area contributed by atoms with Crippen LogP contribution in [-0.2, 0) is 14.0 Å². The molecule has 0 N–H and O–H groups in total. The first-order chi connectivity index (χ1) is 5.54. The minimum Gasteiger partial charge on any atom is -0.361 e. The van der Waals surface area contributed by atoms with Gasteiger partial charge in [0, 0.05) is 17.2 Å². The van der Waals surface area contributed by atoms with Crippen molar-refractivity contribution in [3.05, 3.63) is 0 Å². The maximum Gasteiger partial charge on any atom is 0.299 e. The second-order valence-corrected chi connectivity index (χ2v) is 4.80. The summed E-state index contributed by atoms with van der Waals surface area (Å²) in [4.78, 5) is 0. The van der Waals surface area contributed by atoms with Crippen molar-refractivity contribution in [3.8, 4) is 6.07 Å². The summed E-state index contributed by atoms with van der Waals surface area (Å²) in [5, 5.41) is 8.43. The average Bonchev–Trinajstić information content (AvgIpc) is 2.03. The highest BCUT2D eigenvalue weighted by molar-refractivity contribution is 8.11. The predicted octanol–water partition coefficient (Wildman–Crippen LogP) is -0.306. The highest BCUT2D eigenvalue weighted by Crippen LogP contribution is 2.12. The van der Waals surface area contributed by atoms with E-state index in [0.29, 0.717) is 0 Å². The number of halogens is 1. The van der Waals surface area contributed by atoms with Gasteiger partial charge in [0.05, 0.1) is 19.2 Å². The van der Waals surface area contributed by atoms with Gasteiger partial charge in [-0.3, -0.25) is 0 Å². The van der Waals surface area contributed by atoms with Crippen molar-refractivity contribution in [2.45, 2.75) is 6.10 Å². The highest BCUT2D eigenvalue weighted by atomic mass is 35.7. The molecule has 0 aromatic carbocycles. The van der Waals surface area contributed by atoms with Crippen LogP contribution in [0.5, 0.6) is 0 Å². The van der Waals surface area contributed by atoms with Gasteiger partial charge in [0.25, 0.3) is 9.24 Å². The maximum absolute atomic E-state index is 10.8. The summed E-state index contributed by atoms with van der Waals surface area (Å²) >= 11 is 0. The third-order valence-corrected chi connectivity index (χ3v) is 3.02. The largest absolute Gasteiger partial charge is 0.361 e. The molecule has 5 nitrogen and oxygen atoms in total. The fourth-order valence-electron chi connectivity index (χ4n) is 0.902. The SMILES string of the molecule is N#C[C@@H]1CN(S(=O)(=O)Cl)CCO1. The summed E-state index contributed by atoms with van der Waals surface area (Å²) in [7, 11) is 1.37. The van der Waals surface area contributed by atoms with Gasteiger partial charge < -0.3 is 4.74 Å². The molecule has 0 aromatic rings. The number of morpholine rings is 1. The molecule has 7 heteroatoms. The fraction of sp³-hybridized carbons (Fsp3) is 0.800. The van der Waals surface area contributed by atoms with Gasteiger partial charge >= 0.3 is 0 Å². The van der Waals surface area contributed by atoms with E-state index in [1.165, 1.54) is 0 Å². The Bertz CT molecular complexity index is 296. The van der Waals surface area contributed by atoms with Crippen molar-refractivity contribution in [1.29, 1.82) is 5.26 Å². The molecule has 1 saturated heterocycles. The zero-order chi connectivity index (χ0) is 9.19. The maximum atomic E-state index is 10.8. The molecule has 1 aliphatic rings. The Kier molecular flexibility index (Phi) is 2.90. The number of nitriles is 1. The van der Waals surface area contributed by atoms with Crippen molar-refractivity contribution in [1.82, 2.24) is 4.31 Å². The monoisotopic (exact) mass is 210 g/mol. The standard InChI is InChI=1S/C5H7ClN2O3S/c6-12(9,10)8-1-2-11-5(3-7)4-8/h5H,1-2,4H2/t5-/m1/s1. The van der Waals surface area contributed by atoms with Gasteiger partial charge in [0.1, 0.15) is 0 Å². The first kappa shape index (κ1) is 9.74. The molecule has 0 spiro atoms. The van der Waals surface area contributed by atoms with Crippen LogP contribution in [0.25, 0.3) is 0 Å². The van der Waals surface area contributed by atoms with Gasteiger partial charge in [0.15, 0.2) is 6.10 Å². The second kappa shape index (κ2) is 3.58. The van der Waals surface area contributed by atoms with E-state index in [0.717, 1.165) is 4.31 Å². The summed E-state index contributed by atoms with van der Waals surface area (Å²) in [6, 6.07) is 1.82. The molecular formula is C5H7ClN2O3S. The van der Waals surface area contributed by atoms with Gasteiger partial charge in [-0.25, -0.2) is 0 Å². The lowest BCUT2D eigenvalue weighted by atomic mass is 10.3. The molecule has 1 fully saturated rings. The first-order valence-electron chi connectivity index (χ1n) is 3.25. The van der Waals surface area contributed by atoms with E-state index in [2.05, 4.69) is 0 Å². The Balaban J connectivity index is 2.66. The minimum absolute atomic E-state index is 0.0162. The van der Waals surface area contributed by atoms with Crippen LogP contribution >= 0.6 is 10.7 Å². The number of hydrogen-bond donors (Lipinski definition) is 0. The smallest absolute Gasteiger partial charge is 0.299 e. The van der Waals surface area contributed by atoms with Gasteiger partial charge in [-0.15, -0.1) is 0 Å². The Morgan fingerprint density at radius 3 is 2.83 bits per heavy atom. The van der Waals surface area contributed by atoms with Crippen LogP contribution in [0.2, 0.25) is 0 Å². The van der Waals surface area contributed by atoms with Crippen molar-refractivity contribution in [2.75, 3.05) is 19.7 Å². The highest BCUT2D eigenvalue weighted by Gasteiger charge is 2.27. The molecule has 0 amide bonds. The van der Waals surface area contributed by atoms with Crippen molar-refractivity contribution in [2.24, 2.45) is 0 Å². The Morgan fingerprint density at radius 2 is 2.33 bits per heavy atom. The molecule has 0 unspecified atom stereocenters. The molecule has 1 aliphatic heterocycles. The van der Waals surface area contributed by atoms with E-state index >= 15 is 0 Å². The van der Waals surface area contributed by atoms with Crippen LogP contribution in [0.3, 0.4) is 0 Å². The molecule has 0 aliphatic carbocycles. The lowest BCUT2D eigenvalue weighted by molar-refractivity contribution is 0.0319. The first-order valence-corrected chi connectivity index (χ1v) is 5.51. The molecule has 1 heterocycles. The third-order valence-electron chi connectivity index (χ3n) is 1.48. The zero-order valence-corrected chi connectivity index (χ0v) is 7.68. The molecule has 12 heavy (non-hydrogen) atoms. The molecule has 0 bridgehead atoms. The average molecular weight is 211 g/mol. The Morgan fingerprint density at radius 1 is 1.67 bits per heavy atom. The summed E-state index contributed by atoms with van der Waals surface area (Å²) in [5.74, 6) is 0. The van der Waals surface area contributed by atoms with Gasteiger partial charge in [-0.2, -0.15) is 18.0 Å². The van der Waals surface area contributed by atoms with Crippen molar-refractivity contribution in [3.63, 3.8) is 0 Å². The summed E-state index contributed by atoms with van der Waals surface area (Å²) < 4.78 is 27.5. The Labute approximate surface area is 75.0 Å². The molecule has 0 radical (unpaired) electrons. The van der Waals surface area contributed by atoms with E-state index in [1.54, 1.807) is 0 Å². The fourth-order valence-corrected chi connectivity index (χ4v) is 1.88. The summed E-state index contributed by atoms with van der Waals surface area (Å²) in [6.07, 6.45) is -0.702. The summed E-state index contributed by atoms with van der Waals surface area (Å²) in [5.41, 5.74) is 0. The lowest BCUT2D eigenvalue weighted by Gasteiger charge is -2.26. The molecule has 1 rings (SSSR count). The lowest BCUT2D eigenvalue weighted by Crippen LogP contribution is -2.43. The van der Waals surface area contributed by atoms with Crippen LogP contribution in [0, 0.1) is 11.3 Å². The van der Waals surface area contributed by atoms with Gasteiger partial charge in [-0.05, 0) is 0 Å². The van der Waals surface area contributed by atoms with Crippen LogP contribution in [0.1, 0.15) is 0 Å². The number of nitrogens with zero attached hydrogens (tertiary/aromatic N) is 2. The van der Waals surface area contributed by atoms with Gasteiger partial charge in [0.2, 0.25) is 0 Å². The molecule has 68 valence electrons. The Hall–Kier alpha value is -0.350.